The lowest BCUT2D eigenvalue weighted by Gasteiger charge is -2.20. The number of nitrogens with zero attached hydrogens (tertiary/aromatic N) is 1. The fraction of sp³-hybridized carbons (Fsp3) is 0.357. The van der Waals surface area contributed by atoms with Crippen LogP contribution in [0.25, 0.3) is 10.9 Å². The van der Waals surface area contributed by atoms with Crippen molar-refractivity contribution in [3.63, 3.8) is 0 Å². The maximum Gasteiger partial charge on any atom is 0.0750 e. The van der Waals surface area contributed by atoms with Gasteiger partial charge in [0, 0.05) is 17.6 Å². The number of nitrogens with one attached hydrogen (secondary N) is 1. The van der Waals surface area contributed by atoms with E-state index >= 15 is 0 Å². The van der Waals surface area contributed by atoms with Crippen LogP contribution in [0.3, 0.4) is 0 Å². The Hall–Kier alpha value is -1.45. The molecule has 2 N–H and O–H groups in total. The highest BCUT2D eigenvalue weighted by Crippen LogP contribution is 2.22. The van der Waals surface area contributed by atoms with E-state index in [1.807, 2.05) is 30.3 Å². The molecule has 0 aliphatic heterocycles. The van der Waals surface area contributed by atoms with E-state index in [1.165, 1.54) is 0 Å². The van der Waals surface area contributed by atoms with Crippen molar-refractivity contribution >= 4 is 10.9 Å². The van der Waals surface area contributed by atoms with Crippen LogP contribution in [0.2, 0.25) is 0 Å². The molecule has 0 radical (unpaired) electrons. The maximum absolute atomic E-state index is 9.50. The van der Waals surface area contributed by atoms with E-state index in [0.717, 1.165) is 16.5 Å². The van der Waals surface area contributed by atoms with E-state index in [4.69, 9.17) is 0 Å². The summed E-state index contributed by atoms with van der Waals surface area (Å²) in [6, 6.07) is 10.3. The Morgan fingerprint density at radius 1 is 1.24 bits per heavy atom. The van der Waals surface area contributed by atoms with Crippen LogP contribution < -0.4 is 5.32 Å². The maximum atomic E-state index is 9.50. The molecule has 0 saturated heterocycles. The van der Waals surface area contributed by atoms with Gasteiger partial charge in [-0.2, -0.15) is 0 Å². The molecule has 0 aliphatic carbocycles. The van der Waals surface area contributed by atoms with Gasteiger partial charge < -0.3 is 10.4 Å². The molecule has 1 atom stereocenters. The van der Waals surface area contributed by atoms with Crippen LogP contribution in [-0.2, 0) is 0 Å². The lowest BCUT2D eigenvalue weighted by molar-refractivity contribution is 0.238. The molecule has 90 valence electrons. The zero-order chi connectivity index (χ0) is 12.3. The van der Waals surface area contributed by atoms with Gasteiger partial charge in [-0.25, -0.2) is 0 Å². The summed E-state index contributed by atoms with van der Waals surface area (Å²) in [5.74, 6) is 0. The van der Waals surface area contributed by atoms with Gasteiger partial charge in [-0.1, -0.05) is 38.1 Å². The Morgan fingerprint density at radius 2 is 2.00 bits per heavy atom. The fourth-order valence-electron chi connectivity index (χ4n) is 2.05. The van der Waals surface area contributed by atoms with Gasteiger partial charge >= 0.3 is 0 Å². The zero-order valence-electron chi connectivity index (χ0n) is 10.2. The number of aromatic nitrogens is 1. The summed E-state index contributed by atoms with van der Waals surface area (Å²) in [5, 5.41) is 14.0. The van der Waals surface area contributed by atoms with Gasteiger partial charge in [0.05, 0.1) is 18.2 Å². The second kappa shape index (κ2) is 5.25. The van der Waals surface area contributed by atoms with Crippen molar-refractivity contribution in [2.75, 3.05) is 6.61 Å². The van der Waals surface area contributed by atoms with E-state index in [9.17, 15) is 5.11 Å². The summed E-state index contributed by atoms with van der Waals surface area (Å²) in [6.07, 6.45) is 1.79. The highest BCUT2D eigenvalue weighted by atomic mass is 16.3. The van der Waals surface area contributed by atoms with E-state index < -0.39 is 0 Å². The minimum absolute atomic E-state index is 0.0615. The zero-order valence-corrected chi connectivity index (χ0v) is 10.2. The largest absolute Gasteiger partial charge is 0.394 e. The van der Waals surface area contributed by atoms with Gasteiger partial charge in [0.1, 0.15) is 0 Å². The third-order valence-electron chi connectivity index (χ3n) is 2.76. The van der Waals surface area contributed by atoms with Crippen LogP contribution in [0.1, 0.15) is 25.5 Å². The van der Waals surface area contributed by atoms with Crippen molar-refractivity contribution in [2.45, 2.75) is 25.9 Å². The molecule has 1 heterocycles. The molecule has 0 saturated carbocycles. The molecule has 17 heavy (non-hydrogen) atoms. The number of aliphatic hydroxyl groups excluding tert-OH is 1. The Labute approximate surface area is 102 Å². The van der Waals surface area contributed by atoms with Gasteiger partial charge in [0.15, 0.2) is 0 Å². The molecule has 0 bridgehead atoms. The van der Waals surface area contributed by atoms with Crippen LogP contribution in [-0.4, -0.2) is 22.7 Å². The number of para-hydroxylation sites is 1. The van der Waals surface area contributed by atoms with E-state index in [1.54, 1.807) is 6.20 Å². The quantitative estimate of drug-likeness (QED) is 0.847. The van der Waals surface area contributed by atoms with Crippen molar-refractivity contribution in [3.05, 3.63) is 42.1 Å². The lowest BCUT2D eigenvalue weighted by atomic mass is 10.0. The Morgan fingerprint density at radius 3 is 2.71 bits per heavy atom. The molecule has 0 amide bonds. The molecule has 0 fully saturated rings. The van der Waals surface area contributed by atoms with Crippen LogP contribution >= 0.6 is 0 Å². The van der Waals surface area contributed by atoms with Crippen molar-refractivity contribution in [2.24, 2.45) is 0 Å². The average Bonchev–Trinajstić information content (AvgIpc) is 2.35. The van der Waals surface area contributed by atoms with E-state index in [-0.39, 0.29) is 12.6 Å². The van der Waals surface area contributed by atoms with E-state index in [2.05, 4.69) is 24.1 Å². The number of aliphatic hydroxyl groups is 1. The highest BCUT2D eigenvalue weighted by molar-refractivity contribution is 5.82. The lowest BCUT2D eigenvalue weighted by Crippen LogP contribution is -2.30. The standard InChI is InChI=1S/C14H18N2O/c1-10(2)16-13(9-17)12-7-3-5-11-6-4-8-15-14(11)12/h3-8,10,13,16-17H,9H2,1-2H3. The summed E-state index contributed by atoms with van der Waals surface area (Å²) in [6.45, 7) is 4.22. The minimum atomic E-state index is -0.0615. The normalized spacial score (nSPS) is 13.2. The van der Waals surface area contributed by atoms with Gasteiger partial charge in [-0.05, 0) is 11.6 Å². The summed E-state index contributed by atoms with van der Waals surface area (Å²) < 4.78 is 0. The molecule has 2 aromatic rings. The SMILES string of the molecule is CC(C)NC(CO)c1cccc2cccnc12. The molecule has 1 unspecified atom stereocenters. The predicted octanol–water partition coefficient (Wildman–Crippen LogP) is 2.27. The number of hydrogen-bond acceptors (Lipinski definition) is 3. The molecule has 0 aliphatic rings. The molecule has 3 nitrogen and oxygen atoms in total. The molecule has 3 heteroatoms. The molecule has 1 aromatic carbocycles. The molecular formula is C14H18N2O. The predicted molar refractivity (Wildman–Crippen MR) is 69.8 cm³/mol. The smallest absolute Gasteiger partial charge is 0.0750 e. The summed E-state index contributed by atoms with van der Waals surface area (Å²) in [7, 11) is 0. The van der Waals surface area contributed by atoms with Crippen LogP contribution in [0.15, 0.2) is 36.5 Å². The molecule has 1 aromatic heterocycles. The number of pyridine rings is 1. The van der Waals surface area contributed by atoms with Crippen LogP contribution in [0, 0.1) is 0 Å². The Balaban J connectivity index is 2.46. The average molecular weight is 230 g/mol. The first-order valence-electron chi connectivity index (χ1n) is 5.93. The summed E-state index contributed by atoms with van der Waals surface area (Å²) in [4.78, 5) is 4.41. The van der Waals surface area contributed by atoms with Gasteiger partial charge in [-0.3, -0.25) is 4.98 Å². The summed E-state index contributed by atoms with van der Waals surface area (Å²) >= 11 is 0. The number of rotatable bonds is 4. The van der Waals surface area contributed by atoms with Gasteiger partial charge in [-0.15, -0.1) is 0 Å². The van der Waals surface area contributed by atoms with Crippen LogP contribution in [0.5, 0.6) is 0 Å². The Kier molecular flexibility index (Phi) is 3.71. The fourth-order valence-corrected chi connectivity index (χ4v) is 2.05. The summed E-state index contributed by atoms with van der Waals surface area (Å²) in [5.41, 5.74) is 2.02. The van der Waals surface area contributed by atoms with Crippen LogP contribution in [0.4, 0.5) is 0 Å². The second-order valence-corrected chi connectivity index (χ2v) is 4.48. The molecule has 2 rings (SSSR count). The topological polar surface area (TPSA) is 45.1 Å². The van der Waals surface area contributed by atoms with Gasteiger partial charge in [0.25, 0.3) is 0 Å². The number of fused-ring (bicyclic) bond motifs is 1. The van der Waals surface area contributed by atoms with Crippen molar-refractivity contribution in [1.82, 2.24) is 10.3 Å². The second-order valence-electron chi connectivity index (χ2n) is 4.48. The first kappa shape index (κ1) is 12.0. The Bertz CT molecular complexity index is 491. The molecular weight excluding hydrogens is 212 g/mol. The number of hydrogen-bond donors (Lipinski definition) is 2. The van der Waals surface area contributed by atoms with Crippen molar-refractivity contribution in [1.29, 1.82) is 0 Å². The van der Waals surface area contributed by atoms with Gasteiger partial charge in [0.2, 0.25) is 0 Å². The minimum Gasteiger partial charge on any atom is -0.394 e. The molecule has 0 spiro atoms. The first-order valence-corrected chi connectivity index (χ1v) is 5.93. The van der Waals surface area contributed by atoms with Crippen molar-refractivity contribution < 1.29 is 5.11 Å². The third kappa shape index (κ3) is 2.62. The third-order valence-corrected chi connectivity index (χ3v) is 2.76. The monoisotopic (exact) mass is 230 g/mol. The number of benzene rings is 1. The van der Waals surface area contributed by atoms with E-state index in [0.29, 0.717) is 6.04 Å². The highest BCUT2D eigenvalue weighted by Gasteiger charge is 2.14. The van der Waals surface area contributed by atoms with Crippen molar-refractivity contribution in [3.8, 4) is 0 Å². The first-order chi connectivity index (χ1) is 8.22.